The molecule has 0 rings (SSSR count). The van der Waals surface area contributed by atoms with Crippen molar-refractivity contribution >= 4 is 49.3 Å². The number of allylic oxidation sites excluding steroid dienone is 4. The van der Waals surface area contributed by atoms with Gasteiger partial charge in [-0.05, 0) is 64.2 Å². The summed E-state index contributed by atoms with van der Waals surface area (Å²) in [6.07, 6.45) is 37.3. The largest absolute Gasteiger partial charge is 0.472 e. The van der Waals surface area contributed by atoms with Crippen LogP contribution in [0.15, 0.2) is 24.3 Å². The summed E-state index contributed by atoms with van der Waals surface area (Å²) >= 11 is 0. The van der Waals surface area contributed by atoms with Crippen LogP contribution in [0.4, 0.5) is 0 Å². The number of carbonyl (C=O) groups excluding carboxylic acids is 7. The highest BCUT2D eigenvalue weighted by atomic mass is 31.2. The molecule has 0 aliphatic heterocycles. The quantitative estimate of drug-likeness (QED) is 0.0111. The second-order valence-electron chi connectivity index (χ2n) is 31.6. The maximum atomic E-state index is 13.9. The number of carbonyl (C=O) groups is 7. The molecular weight excluding hydrogens is 1310 g/mol. The smallest absolute Gasteiger partial charge is 0.462 e. The van der Waals surface area contributed by atoms with Crippen LogP contribution in [0, 0.1) is 0 Å². The summed E-state index contributed by atoms with van der Waals surface area (Å²) in [4.78, 5) is 110. The van der Waals surface area contributed by atoms with E-state index in [1.165, 1.54) is 77.0 Å². The van der Waals surface area contributed by atoms with Crippen molar-refractivity contribution < 1.29 is 79.5 Å². The maximum Gasteiger partial charge on any atom is 0.472 e. The average molecular weight is 1460 g/mol. The van der Waals surface area contributed by atoms with Crippen LogP contribution >= 0.6 is 7.82 Å². The molecule has 0 heterocycles. The number of amides is 5. The number of phosphoric ester groups is 1. The molecule has 26 heteroatoms. The molecule has 101 heavy (non-hydrogen) atoms. The first-order chi connectivity index (χ1) is 47.7. The van der Waals surface area contributed by atoms with E-state index in [0.717, 1.165) is 77.0 Å². The number of quaternary nitrogens is 4. The molecule has 0 bridgehead atoms. The number of ether oxygens (including phenoxy) is 2. The summed E-state index contributed by atoms with van der Waals surface area (Å²) in [5.41, 5.74) is 0. The fraction of sp³-hybridized carbons (Fsp3) is 0.853. The Morgan fingerprint density at radius 2 is 0.663 bits per heavy atom. The predicted octanol–water partition coefficient (Wildman–Crippen LogP) is 7.96. The lowest BCUT2D eigenvalue weighted by Crippen LogP contribution is -2.51. The number of unbranched alkanes of at least 4 members (excludes halogenated alkanes) is 22. The van der Waals surface area contributed by atoms with Crippen LogP contribution in [-0.4, -0.2) is 307 Å². The van der Waals surface area contributed by atoms with Gasteiger partial charge in [-0.2, -0.15) is 0 Å². The second-order valence-corrected chi connectivity index (χ2v) is 33.0. The van der Waals surface area contributed by atoms with E-state index >= 15 is 0 Å². The summed E-state index contributed by atoms with van der Waals surface area (Å²) in [6, 6.07) is 0. The van der Waals surface area contributed by atoms with Crippen molar-refractivity contribution in [3.05, 3.63) is 24.3 Å². The summed E-state index contributed by atoms with van der Waals surface area (Å²) in [5, 5.41) is 14.6. The number of nitrogens with one attached hydrogen (secondary N) is 5. The number of hydrogen-bond acceptors (Lipinski definition) is 15. The highest BCUT2D eigenvalue weighted by Gasteiger charge is 2.28. The first-order valence-corrected chi connectivity index (χ1v) is 40.2. The van der Waals surface area contributed by atoms with Crippen LogP contribution in [0.25, 0.3) is 0 Å². The van der Waals surface area contributed by atoms with Gasteiger partial charge < -0.3 is 58.9 Å². The summed E-state index contributed by atoms with van der Waals surface area (Å²) in [6.45, 7) is 7.32. The van der Waals surface area contributed by atoms with Gasteiger partial charge in [0, 0.05) is 45.6 Å². The van der Waals surface area contributed by atoms with E-state index < -0.39 is 45.0 Å². The second kappa shape index (κ2) is 58.8. The molecule has 0 aromatic carbocycles. The van der Waals surface area contributed by atoms with Crippen LogP contribution in [-0.2, 0) is 56.6 Å². The number of esters is 2. The molecule has 0 aliphatic carbocycles. The van der Waals surface area contributed by atoms with Crippen molar-refractivity contribution in [2.45, 2.75) is 200 Å². The van der Waals surface area contributed by atoms with Crippen molar-refractivity contribution in [2.75, 3.05) is 222 Å². The standard InChI is InChI=1S/C75H147N12O13P/c1-15-17-19-21-23-25-27-29-31-33-35-37-39-41-43-45-74(93)97-66-68(100-75(94)46-44-42-40-38-36-34-32-30-28-26-24-22-20-18-16-2)67-99-101(95,96)98-60-51-80-69(88)61-81(52-54-82(62-70(89)76-47-56-84(3,4)5)63-71(90)77-48-57-85(6,7)8)53-55-83(64-72(91)78-49-58-86(9,10)11)65-73(92)79-50-59-87(12,13)14/h29-32,68H,15-28,33-67H2,1-14H3,(H2-4,76,77,78,79,80,88,89,90,91,92,95,96)/p+4. The number of likely N-dealkylation sites (N-methyl/N-ethyl adjacent to an activating group) is 4. The molecular formula is C75H151N12O13P+4. The van der Waals surface area contributed by atoms with Crippen molar-refractivity contribution in [1.82, 2.24) is 41.3 Å². The van der Waals surface area contributed by atoms with E-state index in [1.54, 1.807) is 14.7 Å². The number of hydrogen-bond donors (Lipinski definition) is 6. The predicted molar refractivity (Wildman–Crippen MR) is 407 cm³/mol. The molecule has 25 nitrogen and oxygen atoms in total. The zero-order valence-electron chi connectivity index (χ0n) is 66.5. The lowest BCUT2D eigenvalue weighted by Gasteiger charge is -2.30. The zero-order valence-corrected chi connectivity index (χ0v) is 67.4. The van der Waals surface area contributed by atoms with Gasteiger partial charge in [0.25, 0.3) is 0 Å². The Hall–Kier alpha value is -4.40. The first kappa shape index (κ1) is 96.6. The third kappa shape index (κ3) is 68.5. The average Bonchev–Trinajstić information content (AvgIpc) is 0.935. The molecule has 0 aromatic rings. The first-order valence-electron chi connectivity index (χ1n) is 38.7. The molecule has 6 N–H and O–H groups in total. The molecule has 0 aromatic heterocycles. The van der Waals surface area contributed by atoms with Crippen molar-refractivity contribution in [3.8, 4) is 0 Å². The third-order valence-electron chi connectivity index (χ3n) is 16.8. The lowest BCUT2D eigenvalue weighted by atomic mass is 10.1. The molecule has 0 spiro atoms. The molecule has 2 unspecified atom stereocenters. The molecule has 0 radical (unpaired) electrons. The van der Waals surface area contributed by atoms with Gasteiger partial charge >= 0.3 is 19.8 Å². The summed E-state index contributed by atoms with van der Waals surface area (Å²) < 4.78 is 37.8. The van der Waals surface area contributed by atoms with Gasteiger partial charge in [0.15, 0.2) is 6.10 Å². The molecule has 0 fully saturated rings. The molecule has 0 saturated heterocycles. The lowest BCUT2D eigenvalue weighted by molar-refractivity contribution is -0.869. The van der Waals surface area contributed by atoms with Gasteiger partial charge in [-0.25, -0.2) is 4.57 Å². The van der Waals surface area contributed by atoms with Gasteiger partial charge in [-0.3, -0.25) is 57.3 Å². The zero-order chi connectivity index (χ0) is 75.7. The minimum Gasteiger partial charge on any atom is -0.462 e. The van der Waals surface area contributed by atoms with Crippen molar-refractivity contribution in [3.63, 3.8) is 0 Å². The van der Waals surface area contributed by atoms with Crippen LogP contribution in [0.1, 0.15) is 194 Å². The van der Waals surface area contributed by atoms with Crippen molar-refractivity contribution in [2.24, 2.45) is 0 Å². The molecule has 0 saturated carbocycles. The van der Waals surface area contributed by atoms with Crippen molar-refractivity contribution in [1.29, 1.82) is 0 Å². The van der Waals surface area contributed by atoms with Crippen LogP contribution in [0.5, 0.6) is 0 Å². The van der Waals surface area contributed by atoms with Gasteiger partial charge in [0.2, 0.25) is 29.5 Å². The Morgan fingerprint density at radius 3 is 1.00 bits per heavy atom. The number of rotatable bonds is 68. The van der Waals surface area contributed by atoms with E-state index in [2.05, 4.69) is 64.7 Å². The van der Waals surface area contributed by atoms with Gasteiger partial charge in [0.1, 0.15) is 6.61 Å². The Bertz CT molecular complexity index is 2160. The third-order valence-corrected chi connectivity index (χ3v) is 17.8. The fourth-order valence-electron chi connectivity index (χ4n) is 10.5. The van der Waals surface area contributed by atoms with Crippen LogP contribution in [0.3, 0.4) is 0 Å². The van der Waals surface area contributed by atoms with Gasteiger partial charge in [-0.15, -0.1) is 0 Å². The minimum absolute atomic E-state index is 0.0991. The highest BCUT2D eigenvalue weighted by Crippen LogP contribution is 2.43. The molecule has 2 atom stereocenters. The molecule has 0 aliphatic rings. The van der Waals surface area contributed by atoms with E-state index in [9.17, 15) is 43.0 Å². The highest BCUT2D eigenvalue weighted by molar-refractivity contribution is 7.47. The topological polar surface area (TPSA) is 264 Å². The van der Waals surface area contributed by atoms with E-state index in [-0.39, 0.29) is 109 Å². The van der Waals surface area contributed by atoms with Crippen LogP contribution < -0.4 is 26.6 Å². The number of nitrogens with zero attached hydrogens (tertiary/aromatic N) is 7. The van der Waals surface area contributed by atoms with E-state index in [0.29, 0.717) is 83.1 Å². The summed E-state index contributed by atoms with van der Waals surface area (Å²) in [5.74, 6) is -2.59. The SMILES string of the molecule is CCCCCCCCC=CCCCCCCCC(=O)OCC(COP(=O)(O)OCCNC(=O)CN(CCN(CC(=O)NCC[N+](C)(C)C)CC(=O)NCC[N+](C)(C)C)CCN(CC(=O)NCC[N+](C)(C)C)CC(=O)NCC[N+](C)(C)C)OC(=O)CCCCCCCC=CCCCCCCCC. The number of phosphoric acid groups is 1. The molecule has 590 valence electrons. The minimum atomic E-state index is -4.83. The van der Waals surface area contributed by atoms with E-state index in [1.807, 2.05) is 84.6 Å². The van der Waals surface area contributed by atoms with Crippen LogP contribution in [0.2, 0.25) is 0 Å². The Kier molecular flexibility index (Phi) is 56.3. The Balaban J connectivity index is 6.20. The van der Waals surface area contributed by atoms with Gasteiger partial charge in [-0.1, -0.05) is 141 Å². The van der Waals surface area contributed by atoms with Gasteiger partial charge in [0.05, 0.1) is 183 Å². The molecule has 5 amide bonds. The Morgan fingerprint density at radius 1 is 0.376 bits per heavy atom. The monoisotopic (exact) mass is 1460 g/mol. The normalized spacial score (nSPS) is 13.3. The summed E-state index contributed by atoms with van der Waals surface area (Å²) in [7, 11) is 19.5. The Labute approximate surface area is 613 Å². The van der Waals surface area contributed by atoms with E-state index in [4.69, 9.17) is 18.5 Å². The fourth-order valence-corrected chi connectivity index (χ4v) is 11.3. The maximum absolute atomic E-state index is 13.9.